The van der Waals surface area contributed by atoms with Crippen molar-refractivity contribution in [2.75, 3.05) is 14.1 Å². The molecule has 0 aromatic rings. The minimum atomic E-state index is -3.37. The van der Waals surface area contributed by atoms with Crippen molar-refractivity contribution in [3.05, 3.63) is 0 Å². The lowest BCUT2D eigenvalue weighted by Gasteiger charge is -2.28. The molecule has 1 aliphatic rings. The van der Waals surface area contributed by atoms with Crippen LogP contribution in [0.3, 0.4) is 0 Å². The van der Waals surface area contributed by atoms with Crippen LogP contribution in [0.1, 0.15) is 33.6 Å². The molecule has 1 fully saturated rings. The summed E-state index contributed by atoms with van der Waals surface area (Å²) in [5.74, 6) is 0. The zero-order chi connectivity index (χ0) is 11.9. The van der Waals surface area contributed by atoms with E-state index in [1.165, 1.54) is 6.34 Å². The second-order valence-corrected chi connectivity index (χ2v) is 7.35. The van der Waals surface area contributed by atoms with Crippen LogP contribution >= 0.6 is 0 Å². The zero-order valence-electron chi connectivity index (χ0n) is 10.1. The molecule has 5 heteroatoms. The highest BCUT2D eigenvalue weighted by Gasteiger charge is 2.61. The molecule has 0 aliphatic heterocycles. The van der Waals surface area contributed by atoms with Gasteiger partial charge in [-0.3, -0.25) is 0 Å². The quantitative estimate of drug-likeness (QED) is 0.547. The molecule has 0 spiro atoms. The number of rotatable bonds is 3. The second kappa shape index (κ2) is 3.47. The Morgan fingerprint density at radius 2 is 1.73 bits per heavy atom. The molecule has 0 amide bonds. The molecule has 0 radical (unpaired) electrons. The molecule has 1 rings (SSSR count). The summed E-state index contributed by atoms with van der Waals surface area (Å²) in [7, 11) is 0.146. The van der Waals surface area contributed by atoms with Crippen LogP contribution in [0.4, 0.5) is 0 Å². The van der Waals surface area contributed by atoms with Crippen molar-refractivity contribution in [2.24, 2.45) is 9.81 Å². The summed E-state index contributed by atoms with van der Waals surface area (Å²) in [6.45, 7) is 5.88. The predicted molar refractivity (Wildman–Crippen MR) is 62.5 cm³/mol. The van der Waals surface area contributed by atoms with Gasteiger partial charge in [0.2, 0.25) is 0 Å². The van der Waals surface area contributed by atoms with E-state index in [2.05, 4.69) is 4.40 Å². The third kappa shape index (κ3) is 2.17. The maximum Gasteiger partial charge on any atom is 0.260 e. The Labute approximate surface area is 92.4 Å². The van der Waals surface area contributed by atoms with E-state index >= 15 is 0 Å². The Balaban J connectivity index is 2.98. The first kappa shape index (κ1) is 12.5. The number of nitrogens with zero attached hydrogens (tertiary/aromatic N) is 2. The Morgan fingerprint density at radius 1 is 1.27 bits per heavy atom. The first-order valence-electron chi connectivity index (χ1n) is 5.09. The lowest BCUT2D eigenvalue weighted by Crippen LogP contribution is -2.36. The Morgan fingerprint density at radius 3 is 2.00 bits per heavy atom. The van der Waals surface area contributed by atoms with Crippen LogP contribution in [-0.4, -0.2) is 38.5 Å². The topological polar surface area (TPSA) is 49.7 Å². The van der Waals surface area contributed by atoms with Gasteiger partial charge in [0, 0.05) is 14.1 Å². The summed E-state index contributed by atoms with van der Waals surface area (Å²) in [6, 6.07) is 0. The van der Waals surface area contributed by atoms with Crippen molar-refractivity contribution in [3.63, 3.8) is 0 Å². The van der Waals surface area contributed by atoms with Crippen molar-refractivity contribution in [1.29, 1.82) is 0 Å². The number of hydrogen-bond donors (Lipinski definition) is 0. The molecule has 0 aromatic heterocycles. The lowest BCUT2D eigenvalue weighted by molar-refractivity contribution is 0.362. The molecule has 0 bridgehead atoms. The summed E-state index contributed by atoms with van der Waals surface area (Å²) in [5, 5.41) is 0. The van der Waals surface area contributed by atoms with Crippen molar-refractivity contribution < 1.29 is 8.42 Å². The molecule has 0 saturated heterocycles. The maximum absolute atomic E-state index is 12.0. The van der Waals surface area contributed by atoms with Crippen molar-refractivity contribution in [3.8, 4) is 0 Å². The Hall–Kier alpha value is -0.580. The highest BCUT2D eigenvalue weighted by Crippen LogP contribution is 2.56. The number of sulfonamides is 1. The lowest BCUT2D eigenvalue weighted by atomic mass is 9.90. The van der Waals surface area contributed by atoms with Crippen LogP contribution in [0.15, 0.2) is 4.40 Å². The van der Waals surface area contributed by atoms with Crippen LogP contribution < -0.4 is 0 Å². The predicted octanol–water partition coefficient (Wildman–Crippen LogP) is 1.48. The van der Waals surface area contributed by atoms with Crippen molar-refractivity contribution in [1.82, 2.24) is 4.90 Å². The van der Waals surface area contributed by atoms with Gasteiger partial charge in [-0.25, -0.2) is 8.42 Å². The van der Waals surface area contributed by atoms with Gasteiger partial charge < -0.3 is 4.90 Å². The van der Waals surface area contributed by atoms with Gasteiger partial charge >= 0.3 is 0 Å². The maximum atomic E-state index is 12.0. The van der Waals surface area contributed by atoms with E-state index in [1.807, 2.05) is 20.8 Å². The summed E-state index contributed by atoms with van der Waals surface area (Å²) in [6.07, 6.45) is 2.81. The average Bonchev–Trinajstić information content (AvgIpc) is 2.78. The van der Waals surface area contributed by atoms with Crippen molar-refractivity contribution >= 4 is 16.4 Å². The monoisotopic (exact) mass is 232 g/mol. The Bertz CT molecular complexity index is 359. The molecule has 88 valence electrons. The molecule has 0 atom stereocenters. The average molecular weight is 232 g/mol. The van der Waals surface area contributed by atoms with Gasteiger partial charge in [0.05, 0.1) is 4.75 Å². The van der Waals surface area contributed by atoms with Gasteiger partial charge in [0.1, 0.15) is 6.34 Å². The third-order valence-corrected chi connectivity index (χ3v) is 5.36. The second-order valence-electron chi connectivity index (χ2n) is 5.40. The van der Waals surface area contributed by atoms with Crippen molar-refractivity contribution in [2.45, 2.75) is 38.4 Å². The Kier molecular flexibility index (Phi) is 2.89. The minimum Gasteiger partial charge on any atom is -0.368 e. The molecule has 1 aliphatic carbocycles. The smallest absolute Gasteiger partial charge is 0.260 e. The van der Waals surface area contributed by atoms with E-state index < -0.39 is 14.8 Å². The van der Waals surface area contributed by atoms with Crippen LogP contribution in [-0.2, 0) is 10.0 Å². The van der Waals surface area contributed by atoms with E-state index in [1.54, 1.807) is 19.0 Å². The summed E-state index contributed by atoms with van der Waals surface area (Å²) < 4.78 is 27.2. The van der Waals surface area contributed by atoms with E-state index in [-0.39, 0.29) is 5.41 Å². The molecule has 0 unspecified atom stereocenters. The first-order chi connectivity index (χ1) is 6.62. The zero-order valence-corrected chi connectivity index (χ0v) is 10.9. The summed E-state index contributed by atoms with van der Waals surface area (Å²) >= 11 is 0. The van der Waals surface area contributed by atoms with Gasteiger partial charge in [-0.15, -0.1) is 0 Å². The fourth-order valence-electron chi connectivity index (χ4n) is 1.77. The standard InChI is InChI=1S/C10H20N2O2S/c1-9(2,3)10(6-7-10)15(13,14)11-8-12(4)5/h8H,6-7H2,1-5H3/b11-8+. The SMILES string of the molecule is CN(C)/C=N/S(=O)(=O)C1(C(C)(C)C)CC1. The van der Waals surface area contributed by atoms with E-state index in [0.29, 0.717) is 0 Å². The highest BCUT2D eigenvalue weighted by molar-refractivity contribution is 7.92. The molecule has 4 nitrogen and oxygen atoms in total. The fourth-order valence-corrected chi connectivity index (χ4v) is 3.67. The fraction of sp³-hybridized carbons (Fsp3) is 0.900. The normalized spacial score (nSPS) is 20.6. The highest BCUT2D eigenvalue weighted by atomic mass is 32.2. The minimum absolute atomic E-state index is 0.241. The van der Waals surface area contributed by atoms with Gasteiger partial charge in [-0.05, 0) is 18.3 Å². The van der Waals surface area contributed by atoms with E-state index in [0.717, 1.165) is 12.8 Å². The molecule has 15 heavy (non-hydrogen) atoms. The summed E-state index contributed by atoms with van der Waals surface area (Å²) in [5.41, 5.74) is -0.241. The number of hydrogen-bond acceptors (Lipinski definition) is 2. The third-order valence-electron chi connectivity index (χ3n) is 2.98. The molecule has 1 saturated carbocycles. The van der Waals surface area contributed by atoms with Gasteiger partial charge in [-0.2, -0.15) is 4.40 Å². The largest absolute Gasteiger partial charge is 0.368 e. The van der Waals surface area contributed by atoms with Gasteiger partial charge in [-0.1, -0.05) is 20.8 Å². The van der Waals surface area contributed by atoms with E-state index in [9.17, 15) is 8.42 Å². The van der Waals surface area contributed by atoms with Crippen LogP contribution in [0.5, 0.6) is 0 Å². The van der Waals surface area contributed by atoms with Gasteiger partial charge in [0.15, 0.2) is 0 Å². The molecule has 0 N–H and O–H groups in total. The first-order valence-corrected chi connectivity index (χ1v) is 6.53. The summed E-state index contributed by atoms with van der Waals surface area (Å²) in [4.78, 5) is 1.64. The van der Waals surface area contributed by atoms with Gasteiger partial charge in [0.25, 0.3) is 10.0 Å². The van der Waals surface area contributed by atoms with Crippen LogP contribution in [0, 0.1) is 5.41 Å². The molecular formula is C10H20N2O2S. The molecule has 0 aromatic carbocycles. The van der Waals surface area contributed by atoms with Crippen LogP contribution in [0.2, 0.25) is 0 Å². The van der Waals surface area contributed by atoms with E-state index in [4.69, 9.17) is 0 Å². The molecular weight excluding hydrogens is 212 g/mol. The molecule has 0 heterocycles. The van der Waals surface area contributed by atoms with Crippen LogP contribution in [0.25, 0.3) is 0 Å².